The lowest BCUT2D eigenvalue weighted by Crippen LogP contribution is -2.14. The molecule has 2 heterocycles. The fourth-order valence-electron chi connectivity index (χ4n) is 3.68. The van der Waals surface area contributed by atoms with Gasteiger partial charge in [0.1, 0.15) is 5.01 Å². The second kappa shape index (κ2) is 9.29. The third kappa shape index (κ3) is 4.29. The van der Waals surface area contributed by atoms with Crippen molar-refractivity contribution in [3.05, 3.63) is 45.4 Å². The van der Waals surface area contributed by atoms with E-state index < -0.39 is 5.92 Å². The summed E-state index contributed by atoms with van der Waals surface area (Å²) in [7, 11) is 0. The molecule has 0 aliphatic heterocycles. The molecule has 0 radical (unpaired) electrons. The molecule has 0 amide bonds. The Balaban J connectivity index is 1.59. The van der Waals surface area contributed by atoms with Crippen LogP contribution in [0.5, 0.6) is 0 Å². The number of thiazole rings is 1. The highest BCUT2D eigenvalue weighted by Gasteiger charge is 2.28. The molecule has 1 aromatic carbocycles. The Morgan fingerprint density at radius 3 is 2.80 bits per heavy atom. The number of aromatic nitrogens is 4. The van der Waals surface area contributed by atoms with E-state index in [9.17, 15) is 10.1 Å². The molecule has 1 atom stereocenters. The largest absolute Gasteiger partial charge is 0.299 e. The van der Waals surface area contributed by atoms with E-state index in [0.717, 1.165) is 42.8 Å². The van der Waals surface area contributed by atoms with Crippen LogP contribution in [0.1, 0.15) is 48.3 Å². The van der Waals surface area contributed by atoms with Crippen molar-refractivity contribution in [2.45, 2.75) is 49.7 Å². The van der Waals surface area contributed by atoms with Gasteiger partial charge in [-0.1, -0.05) is 48.3 Å². The van der Waals surface area contributed by atoms with Crippen molar-refractivity contribution in [3.8, 4) is 17.5 Å². The van der Waals surface area contributed by atoms with Gasteiger partial charge >= 0.3 is 0 Å². The number of nitriles is 1. The molecule has 0 spiro atoms. The van der Waals surface area contributed by atoms with E-state index in [1.807, 2.05) is 36.6 Å². The van der Waals surface area contributed by atoms with Gasteiger partial charge in [-0.2, -0.15) is 5.26 Å². The molecule has 1 aliphatic carbocycles. The zero-order chi connectivity index (χ0) is 21.1. The fraction of sp³-hybridized carbons (Fsp3) is 0.381. The summed E-state index contributed by atoms with van der Waals surface area (Å²) in [6.07, 6.45) is 4.42. The van der Waals surface area contributed by atoms with Gasteiger partial charge in [-0.05, 0) is 31.9 Å². The first kappa shape index (κ1) is 21.0. The summed E-state index contributed by atoms with van der Waals surface area (Å²) in [6.45, 7) is 1.86. The van der Waals surface area contributed by atoms with Gasteiger partial charge in [0.05, 0.1) is 16.8 Å². The Hall–Kier alpha value is -2.21. The van der Waals surface area contributed by atoms with Gasteiger partial charge in [0.15, 0.2) is 22.7 Å². The highest BCUT2D eigenvalue weighted by Crippen LogP contribution is 2.38. The minimum atomic E-state index is -0.845. The minimum Gasteiger partial charge on any atom is -0.299 e. The van der Waals surface area contributed by atoms with Gasteiger partial charge in [0, 0.05) is 22.7 Å². The van der Waals surface area contributed by atoms with E-state index in [-0.39, 0.29) is 17.6 Å². The zero-order valence-corrected chi connectivity index (χ0v) is 18.8. The van der Waals surface area contributed by atoms with Gasteiger partial charge in [0.2, 0.25) is 0 Å². The van der Waals surface area contributed by atoms with Crippen molar-refractivity contribution < 1.29 is 4.79 Å². The van der Waals surface area contributed by atoms with Crippen LogP contribution >= 0.6 is 34.7 Å². The van der Waals surface area contributed by atoms with Crippen LogP contribution in [0.25, 0.3) is 11.4 Å². The van der Waals surface area contributed by atoms with Crippen LogP contribution in [0.15, 0.2) is 34.8 Å². The van der Waals surface area contributed by atoms with Crippen molar-refractivity contribution in [3.63, 3.8) is 0 Å². The van der Waals surface area contributed by atoms with Gasteiger partial charge in [-0.3, -0.25) is 9.36 Å². The van der Waals surface area contributed by atoms with E-state index in [2.05, 4.69) is 25.8 Å². The standard InChI is InChI=1S/C21H20ClN5OS2/c1-13-11-29-20(24-13)16(10-23)18(28)12-30-21-26-25-19(15-8-4-5-9-17(15)22)27(21)14-6-2-3-7-14/h4-5,8-9,11,14,16H,2-3,6-7,12H2,1H3/t16-/m0/s1. The topological polar surface area (TPSA) is 84.5 Å². The van der Waals surface area contributed by atoms with Crippen molar-refractivity contribution in [2.75, 3.05) is 5.75 Å². The summed E-state index contributed by atoms with van der Waals surface area (Å²) in [5.74, 6) is -0.140. The van der Waals surface area contributed by atoms with Crippen molar-refractivity contribution in [2.24, 2.45) is 0 Å². The van der Waals surface area contributed by atoms with Gasteiger partial charge in [0.25, 0.3) is 0 Å². The first-order chi connectivity index (χ1) is 14.6. The van der Waals surface area contributed by atoms with Crippen molar-refractivity contribution in [1.82, 2.24) is 19.7 Å². The molecular weight excluding hydrogens is 438 g/mol. The molecule has 30 heavy (non-hydrogen) atoms. The molecule has 3 aromatic rings. The quantitative estimate of drug-likeness (QED) is 0.439. The van der Waals surface area contributed by atoms with Crippen LogP contribution < -0.4 is 0 Å². The van der Waals surface area contributed by atoms with E-state index >= 15 is 0 Å². The summed E-state index contributed by atoms with van der Waals surface area (Å²) in [6, 6.07) is 9.99. The van der Waals surface area contributed by atoms with Crippen LogP contribution in [-0.4, -0.2) is 31.3 Å². The number of hydrogen-bond donors (Lipinski definition) is 0. The maximum atomic E-state index is 12.8. The summed E-state index contributed by atoms with van der Waals surface area (Å²) in [5, 5.41) is 22.0. The third-order valence-electron chi connectivity index (χ3n) is 5.15. The molecule has 1 aliphatic rings. The number of thioether (sulfide) groups is 1. The molecule has 6 nitrogen and oxygen atoms in total. The average molecular weight is 458 g/mol. The van der Waals surface area contributed by atoms with Gasteiger partial charge < -0.3 is 0 Å². The van der Waals surface area contributed by atoms with E-state index in [4.69, 9.17) is 11.6 Å². The van der Waals surface area contributed by atoms with Crippen molar-refractivity contribution in [1.29, 1.82) is 5.26 Å². The van der Waals surface area contributed by atoms with E-state index in [1.165, 1.54) is 23.1 Å². The summed E-state index contributed by atoms with van der Waals surface area (Å²) in [5.41, 5.74) is 1.66. The lowest BCUT2D eigenvalue weighted by atomic mass is 10.1. The Kier molecular flexibility index (Phi) is 6.52. The maximum Gasteiger partial charge on any atom is 0.192 e. The fourth-order valence-corrected chi connectivity index (χ4v) is 5.67. The van der Waals surface area contributed by atoms with Crippen molar-refractivity contribution >= 4 is 40.5 Å². The monoisotopic (exact) mass is 457 g/mol. The summed E-state index contributed by atoms with van der Waals surface area (Å²) >= 11 is 9.10. The molecule has 1 saturated carbocycles. The number of Topliss-reactive ketones (excluding diaryl/α,β-unsaturated/α-hetero) is 1. The predicted molar refractivity (Wildman–Crippen MR) is 119 cm³/mol. The maximum absolute atomic E-state index is 12.8. The third-order valence-corrected chi connectivity index (χ3v) is 7.47. The summed E-state index contributed by atoms with van der Waals surface area (Å²) < 4.78 is 2.13. The predicted octanol–water partition coefficient (Wildman–Crippen LogP) is 5.45. The molecule has 0 unspecified atom stereocenters. The zero-order valence-electron chi connectivity index (χ0n) is 16.4. The number of benzene rings is 1. The molecule has 0 bridgehead atoms. The Morgan fingerprint density at radius 2 is 2.13 bits per heavy atom. The second-order valence-electron chi connectivity index (χ2n) is 7.24. The van der Waals surface area contributed by atoms with E-state index in [1.54, 1.807) is 0 Å². The van der Waals surface area contributed by atoms with Crippen LogP contribution in [0, 0.1) is 18.3 Å². The Bertz CT molecular complexity index is 1100. The molecule has 0 N–H and O–H groups in total. The SMILES string of the molecule is Cc1csc([C@@H](C#N)C(=O)CSc2nnc(-c3ccccc3Cl)n2C2CCCC2)n1. The highest BCUT2D eigenvalue weighted by molar-refractivity contribution is 7.99. The molecular formula is C21H20ClN5OS2. The Labute approximate surface area is 188 Å². The number of nitrogens with zero attached hydrogens (tertiary/aromatic N) is 5. The number of ketones is 1. The number of rotatable bonds is 7. The van der Waals surface area contributed by atoms with Gasteiger partial charge in [-0.25, -0.2) is 4.98 Å². The Morgan fingerprint density at radius 1 is 1.37 bits per heavy atom. The number of carbonyl (C=O) groups excluding carboxylic acids is 1. The number of hydrogen-bond acceptors (Lipinski definition) is 7. The van der Waals surface area contributed by atoms with Gasteiger partial charge in [-0.15, -0.1) is 21.5 Å². The molecule has 2 aromatic heterocycles. The van der Waals surface area contributed by atoms with Crippen LogP contribution in [-0.2, 0) is 4.79 Å². The second-order valence-corrected chi connectivity index (χ2v) is 9.48. The summed E-state index contributed by atoms with van der Waals surface area (Å²) in [4.78, 5) is 17.1. The molecule has 154 valence electrons. The lowest BCUT2D eigenvalue weighted by Gasteiger charge is -2.17. The number of halogens is 1. The number of aryl methyl sites for hydroxylation is 1. The first-order valence-corrected chi connectivity index (χ1v) is 12.0. The first-order valence-electron chi connectivity index (χ1n) is 9.75. The molecule has 0 saturated heterocycles. The average Bonchev–Trinajstić information content (AvgIpc) is 3.48. The minimum absolute atomic E-state index is 0.143. The smallest absolute Gasteiger partial charge is 0.192 e. The lowest BCUT2D eigenvalue weighted by molar-refractivity contribution is -0.116. The van der Waals surface area contributed by atoms with Crippen LogP contribution in [0.3, 0.4) is 0 Å². The molecule has 1 fully saturated rings. The normalized spacial score (nSPS) is 15.2. The molecule has 4 rings (SSSR count). The number of carbonyl (C=O) groups is 1. The van der Waals surface area contributed by atoms with E-state index in [0.29, 0.717) is 15.2 Å². The highest BCUT2D eigenvalue weighted by atomic mass is 35.5. The molecule has 9 heteroatoms. The van der Waals surface area contributed by atoms with Crippen LogP contribution in [0.4, 0.5) is 0 Å². The van der Waals surface area contributed by atoms with Crippen LogP contribution in [0.2, 0.25) is 5.02 Å².